The summed E-state index contributed by atoms with van der Waals surface area (Å²) < 4.78 is 28.6. The van der Waals surface area contributed by atoms with E-state index in [1.54, 1.807) is 0 Å². The van der Waals surface area contributed by atoms with Crippen LogP contribution in [0.4, 0.5) is 0 Å². The molecule has 1 amide bonds. The van der Waals surface area contributed by atoms with Gasteiger partial charge in [-0.1, -0.05) is 13.2 Å². The van der Waals surface area contributed by atoms with E-state index < -0.39 is 16.0 Å². The fourth-order valence-electron chi connectivity index (χ4n) is 0.419. The van der Waals surface area contributed by atoms with E-state index in [2.05, 4.69) is 18.5 Å². The molecule has 0 bridgehead atoms. The second kappa shape index (κ2) is 4.58. The van der Waals surface area contributed by atoms with Gasteiger partial charge in [-0.3, -0.25) is 9.35 Å². The lowest BCUT2D eigenvalue weighted by molar-refractivity contribution is -0.115. The summed E-state index contributed by atoms with van der Waals surface area (Å²) in [6, 6.07) is 0. The van der Waals surface area contributed by atoms with Crippen molar-refractivity contribution in [3.05, 3.63) is 36.4 Å². The van der Waals surface area contributed by atoms with Crippen LogP contribution >= 0.6 is 0 Å². The van der Waals surface area contributed by atoms with Crippen LogP contribution in [0.25, 0.3) is 0 Å². The van der Waals surface area contributed by atoms with Crippen LogP contribution in [-0.2, 0) is 14.9 Å². The Morgan fingerprint density at radius 2 is 2.00 bits per heavy atom. The maximum Gasteiger partial charge on any atom is 0.287 e. The molecular weight excluding hydrogens is 194 g/mol. The van der Waals surface area contributed by atoms with Crippen molar-refractivity contribution in [3.63, 3.8) is 0 Å². The van der Waals surface area contributed by atoms with Crippen molar-refractivity contribution in [3.8, 4) is 0 Å². The van der Waals surface area contributed by atoms with E-state index in [0.29, 0.717) is 5.41 Å². The second-order valence-electron chi connectivity index (χ2n) is 2.04. The van der Waals surface area contributed by atoms with Gasteiger partial charge in [-0.25, -0.2) is 0 Å². The molecule has 0 atom stereocenters. The number of nitrogens with one attached hydrogen (secondary N) is 1. The Balaban J connectivity index is 4.26. The number of allylic oxidation sites excluding steroid dienone is 1. The minimum atomic E-state index is -4.18. The van der Waals surface area contributed by atoms with Crippen molar-refractivity contribution in [2.75, 3.05) is 0 Å². The molecule has 0 saturated carbocycles. The molecule has 0 aliphatic carbocycles. The number of rotatable bonds is 4. The maximum atomic E-state index is 10.6. The zero-order valence-electron chi connectivity index (χ0n) is 6.73. The van der Waals surface area contributed by atoms with E-state index in [1.807, 2.05) is 0 Å². The van der Waals surface area contributed by atoms with Crippen molar-refractivity contribution in [2.45, 2.75) is 0 Å². The fourth-order valence-corrected chi connectivity index (χ4v) is 0.755. The van der Waals surface area contributed by atoms with E-state index in [9.17, 15) is 13.2 Å². The molecule has 0 aromatic heterocycles. The summed E-state index contributed by atoms with van der Waals surface area (Å²) >= 11 is 0. The van der Waals surface area contributed by atoms with Crippen LogP contribution in [-0.4, -0.2) is 18.9 Å². The standard InChI is InChI=1S/C7H9NO4S/c1-3-7(9)8-6(2)4-5-13(10,11)12/h3-5H,1-2H2,(H,8,9)(H,10,11,12). The Hall–Kier alpha value is -1.40. The van der Waals surface area contributed by atoms with E-state index >= 15 is 0 Å². The maximum absolute atomic E-state index is 10.6. The van der Waals surface area contributed by atoms with Gasteiger partial charge in [0, 0.05) is 5.70 Å². The summed E-state index contributed by atoms with van der Waals surface area (Å²) in [6.07, 6.45) is 1.96. The van der Waals surface area contributed by atoms with Crippen molar-refractivity contribution < 1.29 is 17.8 Å². The van der Waals surface area contributed by atoms with Gasteiger partial charge >= 0.3 is 0 Å². The molecule has 5 nitrogen and oxygen atoms in total. The molecule has 0 unspecified atom stereocenters. The molecule has 0 aliphatic heterocycles. The zero-order valence-corrected chi connectivity index (χ0v) is 7.54. The smallest absolute Gasteiger partial charge is 0.287 e. The highest BCUT2D eigenvalue weighted by molar-refractivity contribution is 7.88. The molecule has 0 aliphatic rings. The predicted molar refractivity (Wildman–Crippen MR) is 48.2 cm³/mol. The zero-order chi connectivity index (χ0) is 10.5. The highest BCUT2D eigenvalue weighted by Crippen LogP contribution is 1.91. The molecule has 0 spiro atoms. The minimum absolute atomic E-state index is 0.0440. The first kappa shape index (κ1) is 11.6. The van der Waals surface area contributed by atoms with Gasteiger partial charge in [-0.05, 0) is 12.2 Å². The van der Waals surface area contributed by atoms with Crippen LogP contribution in [0, 0.1) is 0 Å². The first-order chi connectivity index (χ1) is 5.85. The fraction of sp³-hybridized carbons (Fsp3) is 0. The topological polar surface area (TPSA) is 83.5 Å². The number of carbonyl (C=O) groups is 1. The molecule has 0 saturated heterocycles. The Labute approximate surface area is 76.2 Å². The predicted octanol–water partition coefficient (Wildman–Crippen LogP) is 0.204. The van der Waals surface area contributed by atoms with Crippen molar-refractivity contribution >= 4 is 16.0 Å². The highest BCUT2D eigenvalue weighted by Gasteiger charge is 1.97. The molecule has 0 radical (unpaired) electrons. The lowest BCUT2D eigenvalue weighted by Crippen LogP contribution is -2.18. The number of hydrogen-bond donors (Lipinski definition) is 2. The van der Waals surface area contributed by atoms with Crippen LogP contribution < -0.4 is 5.32 Å². The normalized spacial score (nSPS) is 11.2. The summed E-state index contributed by atoms with van der Waals surface area (Å²) in [6.45, 7) is 6.48. The molecule has 0 aromatic carbocycles. The summed E-state index contributed by atoms with van der Waals surface area (Å²) in [4.78, 5) is 10.6. The molecule has 0 fully saturated rings. The summed E-state index contributed by atoms with van der Waals surface area (Å²) in [5.74, 6) is -0.509. The molecule has 13 heavy (non-hydrogen) atoms. The third-order valence-corrected chi connectivity index (χ3v) is 1.39. The van der Waals surface area contributed by atoms with Gasteiger partial charge in [0.1, 0.15) is 0 Å². The minimum Gasteiger partial charge on any atom is -0.323 e. The molecule has 0 heterocycles. The third kappa shape index (κ3) is 6.98. The van der Waals surface area contributed by atoms with Crippen molar-refractivity contribution in [2.24, 2.45) is 0 Å². The van der Waals surface area contributed by atoms with Crippen LogP contribution in [0.15, 0.2) is 36.4 Å². The molecule has 72 valence electrons. The second-order valence-corrected chi connectivity index (χ2v) is 3.34. The molecular formula is C7H9NO4S. The van der Waals surface area contributed by atoms with E-state index in [-0.39, 0.29) is 5.70 Å². The monoisotopic (exact) mass is 203 g/mol. The Morgan fingerprint density at radius 1 is 1.46 bits per heavy atom. The van der Waals surface area contributed by atoms with Gasteiger partial charge < -0.3 is 5.32 Å². The summed E-state index contributed by atoms with van der Waals surface area (Å²) in [5.41, 5.74) is 0.0440. The van der Waals surface area contributed by atoms with Crippen LogP contribution in [0.2, 0.25) is 0 Å². The molecule has 0 aromatic rings. The number of hydrogen-bond acceptors (Lipinski definition) is 3. The van der Waals surface area contributed by atoms with Gasteiger partial charge in [0.05, 0.1) is 5.41 Å². The number of carbonyl (C=O) groups excluding carboxylic acids is 1. The Bertz CT molecular complexity index is 353. The highest BCUT2D eigenvalue weighted by atomic mass is 32.2. The lowest BCUT2D eigenvalue weighted by atomic mass is 10.4. The van der Waals surface area contributed by atoms with Gasteiger partial charge in [0.2, 0.25) is 5.91 Å². The van der Waals surface area contributed by atoms with E-state index in [1.165, 1.54) is 0 Å². The average Bonchev–Trinajstić information content (AvgIpc) is 1.99. The average molecular weight is 203 g/mol. The van der Waals surface area contributed by atoms with Gasteiger partial charge in [0.15, 0.2) is 0 Å². The van der Waals surface area contributed by atoms with Crippen LogP contribution in [0.5, 0.6) is 0 Å². The summed E-state index contributed by atoms with van der Waals surface area (Å²) in [5, 5.41) is 2.70. The summed E-state index contributed by atoms with van der Waals surface area (Å²) in [7, 11) is -4.18. The molecule has 2 N–H and O–H groups in total. The Morgan fingerprint density at radius 3 is 2.38 bits per heavy atom. The van der Waals surface area contributed by atoms with E-state index in [0.717, 1.165) is 12.2 Å². The van der Waals surface area contributed by atoms with Crippen molar-refractivity contribution in [1.29, 1.82) is 0 Å². The quantitative estimate of drug-likeness (QED) is 0.388. The third-order valence-electron chi connectivity index (χ3n) is 0.910. The van der Waals surface area contributed by atoms with Crippen LogP contribution in [0.1, 0.15) is 0 Å². The first-order valence-electron chi connectivity index (χ1n) is 3.13. The largest absolute Gasteiger partial charge is 0.323 e. The van der Waals surface area contributed by atoms with Crippen molar-refractivity contribution in [1.82, 2.24) is 5.32 Å². The Kier molecular flexibility index (Phi) is 4.09. The van der Waals surface area contributed by atoms with Gasteiger partial charge in [-0.2, -0.15) is 8.42 Å². The lowest BCUT2D eigenvalue weighted by Gasteiger charge is -1.98. The van der Waals surface area contributed by atoms with Gasteiger partial charge in [-0.15, -0.1) is 0 Å². The van der Waals surface area contributed by atoms with E-state index in [4.69, 9.17) is 4.55 Å². The van der Waals surface area contributed by atoms with Crippen LogP contribution in [0.3, 0.4) is 0 Å². The molecule has 6 heteroatoms. The molecule has 0 rings (SSSR count). The van der Waals surface area contributed by atoms with Gasteiger partial charge in [0.25, 0.3) is 10.1 Å². The number of amides is 1. The SMILES string of the molecule is C=CC(=O)NC(=C)C=CS(=O)(=O)O. The first-order valence-corrected chi connectivity index (χ1v) is 4.63.